The monoisotopic (exact) mass is 604 g/mol. The summed E-state index contributed by atoms with van der Waals surface area (Å²) in [5.74, 6) is -1.88. The van der Waals surface area contributed by atoms with Gasteiger partial charge in [-0.2, -0.15) is 17.5 Å². The average Bonchev–Trinajstić information content (AvgIpc) is 3.31. The smallest absolute Gasteiger partial charge is 0.490 e. The summed E-state index contributed by atoms with van der Waals surface area (Å²) in [4.78, 5) is 28.1. The largest absolute Gasteiger partial charge is 0.497 e. The number of fused-ring (bicyclic) bond motifs is 2. The van der Waals surface area contributed by atoms with Gasteiger partial charge in [0, 0.05) is 31.7 Å². The number of amides is 1. The van der Waals surface area contributed by atoms with Crippen LogP contribution in [0, 0.1) is 0 Å². The number of carbonyl (C=O) groups is 2. The van der Waals surface area contributed by atoms with Crippen LogP contribution in [0.2, 0.25) is 0 Å². The molecule has 10 nitrogen and oxygen atoms in total. The molecule has 42 heavy (non-hydrogen) atoms. The van der Waals surface area contributed by atoms with Crippen molar-refractivity contribution < 1.29 is 41.0 Å². The van der Waals surface area contributed by atoms with Gasteiger partial charge in [-0.05, 0) is 64.5 Å². The van der Waals surface area contributed by atoms with E-state index in [-0.39, 0.29) is 10.8 Å². The number of alkyl halides is 3. The van der Waals surface area contributed by atoms with Gasteiger partial charge < -0.3 is 20.5 Å². The van der Waals surface area contributed by atoms with Crippen LogP contribution in [0.5, 0.6) is 5.75 Å². The summed E-state index contributed by atoms with van der Waals surface area (Å²) < 4.78 is 65.0. The molecule has 5 rings (SSSR count). The van der Waals surface area contributed by atoms with Crippen LogP contribution in [0.15, 0.2) is 71.8 Å². The van der Waals surface area contributed by atoms with E-state index in [1.54, 1.807) is 42.5 Å². The maximum Gasteiger partial charge on any atom is 0.490 e. The highest BCUT2D eigenvalue weighted by Crippen LogP contribution is 2.29. The third kappa shape index (κ3) is 6.39. The third-order valence-corrected chi connectivity index (χ3v) is 8.74. The Morgan fingerprint density at radius 3 is 2.43 bits per heavy atom. The number of benzene rings is 3. The molecule has 222 valence electrons. The lowest BCUT2D eigenvalue weighted by molar-refractivity contribution is -0.192. The van der Waals surface area contributed by atoms with Gasteiger partial charge in [-0.15, -0.1) is 0 Å². The first kappa shape index (κ1) is 30.5. The zero-order valence-electron chi connectivity index (χ0n) is 22.5. The molecule has 1 aliphatic rings. The predicted molar refractivity (Wildman–Crippen MR) is 149 cm³/mol. The molecule has 0 saturated carbocycles. The first-order valence-corrected chi connectivity index (χ1v) is 13.9. The van der Waals surface area contributed by atoms with Crippen LogP contribution in [0.3, 0.4) is 0 Å². The fourth-order valence-corrected chi connectivity index (χ4v) is 5.98. The quantitative estimate of drug-likeness (QED) is 0.336. The molecule has 0 radical (unpaired) electrons. The highest BCUT2D eigenvalue weighted by atomic mass is 32.2. The molecule has 0 spiro atoms. The summed E-state index contributed by atoms with van der Waals surface area (Å²) >= 11 is 0. The van der Waals surface area contributed by atoms with Crippen molar-refractivity contribution in [2.45, 2.75) is 30.1 Å². The number of aliphatic carboxylic acids is 1. The number of likely N-dealkylation sites (N-methyl/N-ethyl adjacent to an activating group) is 1. The minimum Gasteiger partial charge on any atom is -0.497 e. The number of ether oxygens (including phenoxy) is 1. The van der Waals surface area contributed by atoms with Gasteiger partial charge in [0.25, 0.3) is 0 Å². The van der Waals surface area contributed by atoms with Gasteiger partial charge in [-0.1, -0.05) is 24.3 Å². The van der Waals surface area contributed by atoms with Crippen LogP contribution in [-0.2, 0) is 26.2 Å². The number of carbonyl (C=O) groups excluding carboxylic acids is 1. The highest BCUT2D eigenvalue weighted by molar-refractivity contribution is 7.89. The first-order chi connectivity index (χ1) is 19.7. The van der Waals surface area contributed by atoms with Crippen molar-refractivity contribution in [1.29, 1.82) is 0 Å². The minimum absolute atomic E-state index is 0.143. The second-order valence-corrected chi connectivity index (χ2v) is 11.5. The molecule has 3 N–H and O–H groups in total. The third-order valence-electron chi connectivity index (χ3n) is 6.88. The number of nitrogen functional groups attached to an aromatic ring is 1. The topological polar surface area (TPSA) is 143 Å². The van der Waals surface area contributed by atoms with Gasteiger partial charge in [0.05, 0.1) is 12.0 Å². The van der Waals surface area contributed by atoms with Crippen LogP contribution in [-0.4, -0.2) is 72.5 Å². The van der Waals surface area contributed by atoms with Gasteiger partial charge in [0.1, 0.15) is 17.6 Å². The number of likely N-dealkylation sites (tertiary alicyclic amines) is 1. The Hall–Kier alpha value is -4.43. The van der Waals surface area contributed by atoms with E-state index in [9.17, 15) is 26.4 Å². The zero-order chi connectivity index (χ0) is 30.8. The summed E-state index contributed by atoms with van der Waals surface area (Å²) in [5, 5.41) is 10.6. The van der Waals surface area contributed by atoms with Crippen molar-refractivity contribution in [2.24, 2.45) is 0 Å². The maximum absolute atomic E-state index is 13.4. The molecule has 14 heteroatoms. The Morgan fingerprint density at radius 1 is 1.10 bits per heavy atom. The number of nitrogens with two attached hydrogens (primary N) is 1. The molecule has 0 aliphatic carbocycles. The number of carboxylic acids is 1. The van der Waals surface area contributed by atoms with Crippen molar-refractivity contribution in [2.75, 3.05) is 26.4 Å². The highest BCUT2D eigenvalue weighted by Gasteiger charge is 2.40. The second kappa shape index (κ2) is 11.8. The van der Waals surface area contributed by atoms with Gasteiger partial charge in [0.2, 0.25) is 15.9 Å². The van der Waals surface area contributed by atoms with Crippen LogP contribution in [0.1, 0.15) is 12.0 Å². The summed E-state index contributed by atoms with van der Waals surface area (Å²) in [6.07, 6.45) is -3.00. The van der Waals surface area contributed by atoms with E-state index in [0.29, 0.717) is 31.1 Å². The number of carboxylic acid groups (broad SMARTS) is 1. The molecule has 2 heterocycles. The average molecular weight is 605 g/mol. The zero-order valence-corrected chi connectivity index (χ0v) is 23.3. The number of pyridine rings is 1. The van der Waals surface area contributed by atoms with Crippen molar-refractivity contribution in [3.05, 3.63) is 72.4 Å². The fraction of sp³-hybridized carbons (Fsp3) is 0.250. The number of halogens is 3. The molecule has 1 fully saturated rings. The normalized spacial score (nSPS) is 15.6. The number of anilines is 1. The van der Waals surface area contributed by atoms with Gasteiger partial charge in [-0.3, -0.25) is 4.79 Å². The van der Waals surface area contributed by atoms with E-state index >= 15 is 0 Å². The maximum atomic E-state index is 13.4. The van der Waals surface area contributed by atoms with Crippen LogP contribution in [0.25, 0.3) is 21.5 Å². The lowest BCUT2D eigenvalue weighted by atomic mass is 10.1. The molecule has 1 amide bonds. The molecular weight excluding hydrogens is 577 g/mol. The summed E-state index contributed by atoms with van der Waals surface area (Å²) in [6, 6.07) is 17.4. The Kier molecular flexibility index (Phi) is 8.59. The number of sulfonamides is 1. The van der Waals surface area contributed by atoms with Crippen LogP contribution >= 0.6 is 0 Å². The molecular formula is C28H27F3N4O6S. The molecule has 1 aromatic heterocycles. The molecule has 1 saturated heterocycles. The van der Waals surface area contributed by atoms with Crippen LogP contribution < -0.4 is 10.5 Å². The van der Waals surface area contributed by atoms with E-state index in [1.807, 2.05) is 36.4 Å². The van der Waals surface area contributed by atoms with E-state index in [1.165, 1.54) is 11.4 Å². The molecule has 1 unspecified atom stereocenters. The van der Waals surface area contributed by atoms with Gasteiger partial charge in [-0.25, -0.2) is 18.2 Å². The van der Waals surface area contributed by atoms with Crippen molar-refractivity contribution in [3.8, 4) is 5.75 Å². The number of hydrogen-bond donors (Lipinski definition) is 2. The number of rotatable bonds is 6. The number of nitrogens with zero attached hydrogens (tertiary/aromatic N) is 3. The van der Waals surface area contributed by atoms with E-state index < -0.39 is 28.2 Å². The van der Waals surface area contributed by atoms with E-state index in [4.69, 9.17) is 20.4 Å². The molecule has 1 aliphatic heterocycles. The number of aromatic nitrogens is 1. The fourth-order valence-electron chi connectivity index (χ4n) is 4.60. The van der Waals surface area contributed by atoms with Crippen molar-refractivity contribution in [1.82, 2.24) is 14.2 Å². The second-order valence-electron chi connectivity index (χ2n) is 9.51. The predicted octanol–water partition coefficient (Wildman–Crippen LogP) is 4.03. The summed E-state index contributed by atoms with van der Waals surface area (Å²) in [6.45, 7) is 0.849. The Bertz CT molecular complexity index is 1760. The van der Waals surface area contributed by atoms with Crippen molar-refractivity contribution in [3.63, 3.8) is 0 Å². The molecule has 3 aromatic carbocycles. The molecule has 4 aromatic rings. The van der Waals surface area contributed by atoms with Crippen molar-refractivity contribution >= 4 is 49.3 Å². The lowest BCUT2D eigenvalue weighted by Crippen LogP contribution is -2.42. The SMILES string of the molecule is COc1ccc2ccc(S(=O)(=O)N(C)C3CCN(Cc4ccc5ccnc(N)c5c4)C3=O)cc2c1.O=C(O)C(F)(F)F. The Morgan fingerprint density at radius 2 is 1.76 bits per heavy atom. The summed E-state index contributed by atoms with van der Waals surface area (Å²) in [7, 11) is -0.839. The van der Waals surface area contributed by atoms with E-state index in [0.717, 1.165) is 27.1 Å². The first-order valence-electron chi connectivity index (χ1n) is 12.5. The van der Waals surface area contributed by atoms with Gasteiger partial charge in [0.15, 0.2) is 0 Å². The van der Waals surface area contributed by atoms with E-state index in [2.05, 4.69) is 4.98 Å². The minimum atomic E-state index is -5.08. The lowest BCUT2D eigenvalue weighted by Gasteiger charge is -2.24. The number of methoxy groups -OCH3 is 1. The number of hydrogen-bond acceptors (Lipinski definition) is 7. The Labute approximate surface area is 239 Å². The summed E-state index contributed by atoms with van der Waals surface area (Å²) in [5.41, 5.74) is 6.92. The van der Waals surface area contributed by atoms with Crippen LogP contribution in [0.4, 0.5) is 19.0 Å². The standard InChI is InChI=1S/C26H26N4O4S.C2HF3O2/c1-29(35(32,33)22-8-6-18-5-7-21(34-2)14-20(18)15-22)24-10-12-30(26(24)31)16-17-3-4-19-9-11-28-25(27)23(19)13-17;3-2(4,5)1(6)7/h3-9,11,13-15,24H,10,12,16H2,1-2H3,(H2,27,28);(H,6,7). The van der Waals surface area contributed by atoms with Gasteiger partial charge >= 0.3 is 12.1 Å². The molecule has 0 bridgehead atoms. The Balaban J connectivity index is 0.000000517. The molecule has 1 atom stereocenters.